The molecule has 30 nitrogen and oxygen atoms in total. The molecule has 0 aliphatic heterocycles. The highest BCUT2D eigenvalue weighted by atomic mass is 32.2. The zero-order valence-electron chi connectivity index (χ0n) is 72.8. The monoisotopic (exact) mass is 1980 g/mol. The fourth-order valence-electron chi connectivity index (χ4n) is 11.6. The number of carbonyl (C=O) groups excluding carboxylic acids is 1. The van der Waals surface area contributed by atoms with E-state index >= 15 is 0 Å². The van der Waals surface area contributed by atoms with E-state index in [1.54, 1.807) is 179 Å². The van der Waals surface area contributed by atoms with Gasteiger partial charge in [-0.15, -0.1) is 0 Å². The van der Waals surface area contributed by atoms with Crippen LogP contribution >= 0.6 is 48.9 Å². The maximum absolute atomic E-state index is 12.6. The van der Waals surface area contributed by atoms with Crippen molar-refractivity contribution in [3.8, 4) is 0 Å². The van der Waals surface area contributed by atoms with Crippen LogP contribution in [-0.4, -0.2) is 88.4 Å². The molecule has 2 aromatic heterocycles. The number of rotatable bonds is 24. The summed E-state index contributed by atoms with van der Waals surface area (Å²) in [4.78, 5) is 28.1. The number of nitrogen functional groups attached to an aromatic ring is 1. The first kappa shape index (κ1) is 102. The SMILES string of the molecule is CC(=O)Nc1ccc(S(=O)(=O)Nc2ccccc2)cc1.Cc1cc(C)nc(NS(=O)(=O)c2ccc(NC(=S)Nc3ccccc3)cc2)n1.Cc1cc(NS(=O)(=O)c2ccc(NC(=S)Nc3ccccc3)cc2)nc(C)n1.Nc1ccc(S(=O)(=O)Nc2ccccc2)cc1.O=S(=O)(Nc1ccccc1)c1ccc(NC(=S)Nc2ccccc2)cc1.S=C(Nc1ccccc1)Nc1ccccc1. The summed E-state index contributed by atoms with van der Waals surface area (Å²) in [6.07, 6.45) is 0. The summed E-state index contributed by atoms with van der Waals surface area (Å²) in [5.74, 6) is 0.577. The van der Waals surface area contributed by atoms with Gasteiger partial charge in [-0.25, -0.2) is 66.7 Å². The number of thiocarbonyl (C=S) groups is 4. The van der Waals surface area contributed by atoms with Gasteiger partial charge >= 0.3 is 0 Å². The predicted molar refractivity (Wildman–Crippen MR) is 559 cm³/mol. The standard InChI is InChI=1S/2C19H19N5O2S2.C19H17N3O2S2.C14H14N2O3S.C13H12N2S.C12H12N2O2S/c1-13-12-18(21-14(2)20-13)24-28(25,26)17-10-8-16(9-11-17)23-19(27)22-15-6-4-3-5-7-15;1-13-12-14(2)21-18(20-13)24-28(25,26)17-10-8-16(9-11-17)23-19(27)22-15-6-4-3-5-7-15;23-26(24,22-17-9-5-2-6-10-17)18-13-11-16(12-14-18)21-19(25)20-15-7-3-1-4-8-15;1-11(17)15-12-7-9-14(10-8-12)20(18,19)16-13-5-3-2-4-6-13;16-13(14-11-7-3-1-4-8-11)15-12-9-5-2-6-10-12;13-10-6-8-12(9-7-10)17(15,16)14-11-4-2-1-3-5-11/h2*3-12H,1-2H3,(H,20,21,24)(H2,22,23,27);1-14,22H,(H2,20,21,25);2-10,16H,1H3,(H,15,17);1-10H,(H2,14,15,16);1-9,14H,13H2. The smallest absolute Gasteiger partial charge is 0.264 e. The molecule has 0 aliphatic rings. The molecule has 0 aliphatic carbocycles. The van der Waals surface area contributed by atoms with E-state index in [0.717, 1.165) is 28.4 Å². The van der Waals surface area contributed by atoms with Crippen LogP contribution in [0, 0.1) is 27.7 Å². The van der Waals surface area contributed by atoms with Gasteiger partial charge in [-0.1, -0.05) is 146 Å². The van der Waals surface area contributed by atoms with Crippen LogP contribution in [0.5, 0.6) is 0 Å². The van der Waals surface area contributed by atoms with Gasteiger partial charge in [-0.3, -0.25) is 23.7 Å². The molecule has 0 spiro atoms. The van der Waals surface area contributed by atoms with Gasteiger partial charge in [0, 0.05) is 104 Å². The molecule has 0 bridgehead atoms. The third-order valence-corrected chi connectivity index (χ3v) is 25.3. The summed E-state index contributed by atoms with van der Waals surface area (Å²) in [6, 6.07) is 109. The fourth-order valence-corrected chi connectivity index (χ4v) is 17.6. The lowest BCUT2D eigenvalue weighted by atomic mass is 10.3. The summed E-state index contributed by atoms with van der Waals surface area (Å²) in [6.45, 7) is 8.43. The summed E-state index contributed by atoms with van der Waals surface area (Å²) in [7, 11) is -18.3. The highest BCUT2D eigenvalue weighted by molar-refractivity contribution is 7.94. The van der Waals surface area contributed by atoms with Crippen molar-refractivity contribution < 1.29 is 46.9 Å². The minimum Gasteiger partial charge on any atom is -0.399 e. The number of aryl methyl sites for hydroxylation is 4. The van der Waals surface area contributed by atoms with Crippen molar-refractivity contribution in [2.45, 2.75) is 59.1 Å². The molecule has 15 aromatic rings. The predicted octanol–water partition coefficient (Wildman–Crippen LogP) is 19.7. The summed E-state index contributed by atoms with van der Waals surface area (Å²) < 4.78 is 136. The van der Waals surface area contributed by atoms with Gasteiger partial charge in [0.2, 0.25) is 11.9 Å². The second-order valence-electron chi connectivity index (χ2n) is 28.5. The van der Waals surface area contributed by atoms with Gasteiger partial charge in [-0.2, -0.15) is 0 Å². The van der Waals surface area contributed by atoms with Crippen LogP contribution in [0.4, 0.5) is 85.7 Å². The van der Waals surface area contributed by atoms with Crippen LogP contribution in [0.2, 0.25) is 0 Å². The minimum atomic E-state index is -3.79. The van der Waals surface area contributed by atoms with E-state index < -0.39 is 50.1 Å². The van der Waals surface area contributed by atoms with Crippen LogP contribution < -0.4 is 77.2 Å². The topological polar surface area (TPSA) is 434 Å². The highest BCUT2D eigenvalue weighted by Crippen LogP contribution is 2.26. The van der Waals surface area contributed by atoms with Crippen LogP contribution in [0.1, 0.15) is 29.8 Å². The summed E-state index contributed by atoms with van der Waals surface area (Å²) in [5, 5.41) is 28.9. The zero-order chi connectivity index (χ0) is 96.8. The molecule has 0 radical (unpaired) electrons. The first-order valence-corrected chi connectivity index (χ1v) is 49.7. The lowest BCUT2D eigenvalue weighted by Gasteiger charge is -2.12. The van der Waals surface area contributed by atoms with Crippen molar-refractivity contribution in [2.75, 3.05) is 77.2 Å². The Morgan fingerprint density at radius 1 is 0.237 bits per heavy atom. The number of nitrogens with two attached hydrogens (primary N) is 1. The molecular formula is C96H93N19O11S9. The van der Waals surface area contributed by atoms with E-state index in [9.17, 15) is 46.9 Å². The van der Waals surface area contributed by atoms with E-state index in [1.165, 1.54) is 67.6 Å². The van der Waals surface area contributed by atoms with Crippen molar-refractivity contribution >= 4 is 211 Å². The molecule has 0 saturated carbocycles. The van der Waals surface area contributed by atoms with E-state index in [2.05, 4.69) is 91.4 Å². The molecule has 135 heavy (non-hydrogen) atoms. The van der Waals surface area contributed by atoms with Gasteiger partial charge in [0.05, 0.1) is 24.5 Å². The molecule has 692 valence electrons. The summed E-state index contributed by atoms with van der Waals surface area (Å²) >= 11 is 21.0. The van der Waals surface area contributed by atoms with Crippen molar-refractivity contribution in [1.29, 1.82) is 0 Å². The van der Waals surface area contributed by atoms with Crippen LogP contribution in [0.15, 0.2) is 401 Å². The quantitative estimate of drug-likeness (QED) is 0.0197. The molecule has 0 fully saturated rings. The lowest BCUT2D eigenvalue weighted by molar-refractivity contribution is -0.114. The van der Waals surface area contributed by atoms with Crippen molar-refractivity contribution in [2.24, 2.45) is 0 Å². The number of aromatic nitrogens is 4. The Labute approximate surface area is 806 Å². The maximum Gasteiger partial charge on any atom is 0.264 e. The molecule has 15 rings (SSSR count). The fraction of sp³-hybridized carbons (Fsp3) is 0.0521. The van der Waals surface area contributed by atoms with Gasteiger partial charge in [0.1, 0.15) is 11.6 Å². The van der Waals surface area contributed by atoms with E-state index in [1.807, 2.05) is 164 Å². The number of nitrogens with zero attached hydrogens (tertiary/aromatic N) is 4. The Bertz CT molecular complexity index is 6800. The Morgan fingerprint density at radius 2 is 0.437 bits per heavy atom. The number of para-hydroxylation sites is 8. The molecular weight excluding hydrogens is 1880 g/mol. The third-order valence-electron chi connectivity index (χ3n) is 17.6. The van der Waals surface area contributed by atoms with Gasteiger partial charge in [0.15, 0.2) is 20.4 Å². The Kier molecular flexibility index (Phi) is 37.7. The number of sulfonamides is 5. The first-order valence-electron chi connectivity index (χ1n) is 40.6. The van der Waals surface area contributed by atoms with Crippen LogP contribution in [0.3, 0.4) is 0 Å². The number of amides is 1. The van der Waals surface area contributed by atoms with Crippen molar-refractivity contribution in [3.63, 3.8) is 0 Å². The Hall–Kier alpha value is -15.2. The molecule has 13 aromatic carbocycles. The normalized spacial score (nSPS) is 10.7. The average Bonchev–Trinajstić information content (AvgIpc) is 0.825. The third kappa shape index (κ3) is 35.5. The first-order chi connectivity index (χ1) is 64.5. The number of hydrogen-bond acceptors (Lipinski definition) is 20. The average molecular weight is 1980 g/mol. The number of nitrogens with one attached hydrogen (secondary N) is 14. The molecule has 2 heterocycles. The lowest BCUT2D eigenvalue weighted by Crippen LogP contribution is -2.19. The second-order valence-corrected chi connectivity index (χ2v) is 38.6. The largest absolute Gasteiger partial charge is 0.399 e. The summed E-state index contributed by atoms with van der Waals surface area (Å²) in [5.41, 5.74) is 16.8. The molecule has 0 saturated heterocycles. The minimum absolute atomic E-state index is 0.0490. The number of hydrogen-bond donors (Lipinski definition) is 15. The van der Waals surface area contributed by atoms with Crippen LogP contribution in [0.25, 0.3) is 0 Å². The van der Waals surface area contributed by atoms with Crippen molar-refractivity contribution in [3.05, 3.63) is 399 Å². The molecule has 16 N–H and O–H groups in total. The molecule has 39 heteroatoms. The molecule has 0 atom stereocenters. The second kappa shape index (κ2) is 49.9. The number of benzene rings is 13. The van der Waals surface area contributed by atoms with Gasteiger partial charge in [-0.05, 0) is 301 Å². The maximum atomic E-state index is 12.6. The van der Waals surface area contributed by atoms with Crippen molar-refractivity contribution in [1.82, 2.24) is 19.9 Å². The van der Waals surface area contributed by atoms with Gasteiger partial charge < -0.3 is 53.6 Å². The number of anilines is 15. The van der Waals surface area contributed by atoms with E-state index in [4.69, 9.17) is 54.6 Å². The van der Waals surface area contributed by atoms with Gasteiger partial charge in [0.25, 0.3) is 50.1 Å². The van der Waals surface area contributed by atoms with E-state index in [0.29, 0.717) is 88.9 Å². The zero-order valence-corrected chi connectivity index (χ0v) is 80.2. The van der Waals surface area contributed by atoms with E-state index in [-0.39, 0.29) is 42.2 Å². The number of carbonyl (C=O) groups is 1. The molecule has 1 amide bonds. The molecule has 0 unspecified atom stereocenters. The highest BCUT2D eigenvalue weighted by Gasteiger charge is 2.21. The van der Waals surface area contributed by atoms with Crippen LogP contribution in [-0.2, 0) is 54.9 Å². The Morgan fingerprint density at radius 3 is 0.674 bits per heavy atom. The Balaban J connectivity index is 0.000000170.